The summed E-state index contributed by atoms with van der Waals surface area (Å²) in [6.07, 6.45) is 5.27. The number of rotatable bonds is 6. The maximum absolute atomic E-state index is 13.8. The molecular weight excluding hydrogens is 454 g/mol. The number of hydrogen-bond acceptors (Lipinski definition) is 6. The Morgan fingerprint density at radius 3 is 2.47 bits per heavy atom. The van der Waals surface area contributed by atoms with Crippen molar-refractivity contribution in [1.29, 1.82) is 0 Å². The predicted molar refractivity (Wildman–Crippen MR) is 136 cm³/mol. The molecule has 0 bridgehead atoms. The van der Waals surface area contributed by atoms with E-state index in [9.17, 15) is 9.90 Å². The van der Waals surface area contributed by atoms with Gasteiger partial charge in [-0.2, -0.15) is 15.0 Å². The normalized spacial score (nSPS) is 18.4. The Hall–Kier alpha value is -3.78. The number of para-hydroxylation sites is 1. The number of aromatic nitrogens is 4. The fraction of sp³-hybridized carbons (Fsp3) is 0.357. The third-order valence-electron chi connectivity index (χ3n) is 6.61. The number of carbonyl (C=O) groups excluding carboxylic acids is 1. The summed E-state index contributed by atoms with van der Waals surface area (Å²) < 4.78 is 6.35. The molecule has 1 unspecified atom stereocenters. The van der Waals surface area contributed by atoms with Gasteiger partial charge in [0, 0.05) is 24.6 Å². The molecule has 1 N–H and O–H groups in total. The average Bonchev–Trinajstić information content (AvgIpc) is 3.54. The van der Waals surface area contributed by atoms with Gasteiger partial charge >= 0.3 is 0 Å². The van der Waals surface area contributed by atoms with Gasteiger partial charge in [-0.05, 0) is 45.7 Å². The van der Waals surface area contributed by atoms with Crippen LogP contribution in [0.3, 0.4) is 0 Å². The quantitative estimate of drug-likeness (QED) is 0.427. The molecule has 0 saturated carbocycles. The fourth-order valence-corrected chi connectivity index (χ4v) is 4.80. The Bertz CT molecular complexity index is 1320. The molecule has 2 atom stereocenters. The van der Waals surface area contributed by atoms with Crippen molar-refractivity contribution in [2.24, 2.45) is 0 Å². The van der Waals surface area contributed by atoms with Gasteiger partial charge in [-0.3, -0.25) is 4.79 Å². The lowest BCUT2D eigenvalue weighted by Gasteiger charge is -2.37. The molecule has 186 valence electrons. The minimum absolute atomic E-state index is 0.0434. The molecule has 36 heavy (non-hydrogen) atoms. The van der Waals surface area contributed by atoms with Crippen LogP contribution in [0.25, 0.3) is 17.0 Å². The zero-order chi connectivity index (χ0) is 25.3. The average molecular weight is 486 g/mol. The summed E-state index contributed by atoms with van der Waals surface area (Å²) in [6.45, 7) is 6.11. The Kier molecular flexibility index (Phi) is 6.45. The summed E-state index contributed by atoms with van der Waals surface area (Å²) in [7, 11) is 0. The summed E-state index contributed by atoms with van der Waals surface area (Å²) in [5.74, 6) is 1.18. The van der Waals surface area contributed by atoms with Crippen LogP contribution < -0.4 is 0 Å². The number of hydrogen-bond donors (Lipinski definition) is 1. The number of oxazole rings is 1. The number of carbonyl (C=O) groups is 1. The maximum Gasteiger partial charge on any atom is 0.256 e. The molecule has 1 amide bonds. The van der Waals surface area contributed by atoms with Gasteiger partial charge in [0.1, 0.15) is 0 Å². The van der Waals surface area contributed by atoms with Crippen molar-refractivity contribution in [2.45, 2.75) is 57.6 Å². The van der Waals surface area contributed by atoms with Gasteiger partial charge in [0.25, 0.3) is 5.91 Å². The number of piperidine rings is 1. The van der Waals surface area contributed by atoms with E-state index in [1.54, 1.807) is 26.2 Å². The van der Waals surface area contributed by atoms with Gasteiger partial charge in [0.15, 0.2) is 11.7 Å². The number of amides is 1. The molecule has 0 spiro atoms. The highest BCUT2D eigenvalue weighted by Gasteiger charge is 2.35. The van der Waals surface area contributed by atoms with Crippen LogP contribution in [0.2, 0.25) is 0 Å². The van der Waals surface area contributed by atoms with E-state index in [0.717, 1.165) is 24.1 Å². The van der Waals surface area contributed by atoms with Gasteiger partial charge in [-0.25, -0.2) is 4.98 Å². The van der Waals surface area contributed by atoms with Crippen LogP contribution in [0.1, 0.15) is 61.5 Å². The van der Waals surface area contributed by atoms with E-state index in [4.69, 9.17) is 9.40 Å². The lowest BCUT2D eigenvalue weighted by molar-refractivity contribution is 0.0597. The van der Waals surface area contributed by atoms with Crippen LogP contribution in [0.15, 0.2) is 71.4 Å². The fourth-order valence-electron chi connectivity index (χ4n) is 4.80. The summed E-state index contributed by atoms with van der Waals surface area (Å²) in [5.41, 5.74) is 1.94. The molecule has 1 aliphatic heterocycles. The van der Waals surface area contributed by atoms with E-state index in [1.807, 2.05) is 59.5 Å². The lowest BCUT2D eigenvalue weighted by atomic mass is 9.92. The molecule has 1 saturated heterocycles. The topological polar surface area (TPSA) is 97.3 Å². The summed E-state index contributed by atoms with van der Waals surface area (Å²) >= 11 is 0. The second kappa shape index (κ2) is 9.70. The van der Waals surface area contributed by atoms with Crippen LogP contribution in [-0.2, 0) is 6.42 Å². The van der Waals surface area contributed by atoms with Crippen LogP contribution in [0, 0.1) is 0 Å². The Morgan fingerprint density at radius 2 is 1.75 bits per heavy atom. The second-order valence-corrected chi connectivity index (χ2v) is 10.1. The van der Waals surface area contributed by atoms with E-state index in [-0.39, 0.29) is 17.9 Å². The third-order valence-corrected chi connectivity index (χ3v) is 6.61. The van der Waals surface area contributed by atoms with Crippen LogP contribution >= 0.6 is 0 Å². The highest BCUT2D eigenvalue weighted by molar-refractivity contribution is 5.98. The standard InChI is InChI=1S/C28H31N5O3/c1-19-13-14-21(18-32(19)27(34)22-11-7-8-12-24(22)33-29-15-16-30-33)26-31-23(17-28(2,3)35)25(36-26)20-9-5-4-6-10-20/h4-12,15-16,19,21,35H,13-14,17-18H2,1-3H3/t19-,21?/m1/s1. The van der Waals surface area contributed by atoms with Gasteiger partial charge < -0.3 is 14.4 Å². The Balaban J connectivity index is 1.45. The second-order valence-electron chi connectivity index (χ2n) is 10.1. The van der Waals surface area contributed by atoms with Crippen molar-refractivity contribution in [3.05, 3.63) is 84.1 Å². The molecule has 1 aliphatic rings. The molecular formula is C28H31N5O3. The van der Waals surface area contributed by atoms with Crippen LogP contribution in [0.4, 0.5) is 0 Å². The Labute approximate surface area is 210 Å². The molecule has 5 rings (SSSR count). The number of likely N-dealkylation sites (tertiary alicyclic amines) is 1. The molecule has 1 fully saturated rings. The van der Waals surface area contributed by atoms with Crippen LogP contribution in [0.5, 0.6) is 0 Å². The predicted octanol–water partition coefficient (Wildman–Crippen LogP) is 4.64. The number of benzene rings is 2. The van der Waals surface area contributed by atoms with E-state index in [1.165, 1.54) is 4.80 Å². The lowest BCUT2D eigenvalue weighted by Crippen LogP contribution is -2.45. The first kappa shape index (κ1) is 23.9. The van der Waals surface area contributed by atoms with Gasteiger partial charge in [-0.15, -0.1) is 0 Å². The number of aliphatic hydroxyl groups is 1. The molecule has 2 aromatic heterocycles. The summed E-state index contributed by atoms with van der Waals surface area (Å²) in [6, 6.07) is 17.3. The van der Waals surface area contributed by atoms with E-state index in [0.29, 0.717) is 35.9 Å². The molecule has 0 radical (unpaired) electrons. The van der Waals surface area contributed by atoms with Crippen molar-refractivity contribution < 1.29 is 14.3 Å². The molecule has 3 heterocycles. The van der Waals surface area contributed by atoms with Crippen molar-refractivity contribution in [1.82, 2.24) is 24.9 Å². The summed E-state index contributed by atoms with van der Waals surface area (Å²) in [5, 5.41) is 18.9. The SMILES string of the molecule is C[C@@H]1CCC(c2nc(CC(C)(C)O)c(-c3ccccc3)o2)CN1C(=O)c1ccccc1-n1nccn1. The smallest absolute Gasteiger partial charge is 0.256 e. The van der Waals surface area contributed by atoms with E-state index < -0.39 is 5.60 Å². The largest absolute Gasteiger partial charge is 0.440 e. The number of nitrogens with zero attached hydrogens (tertiary/aromatic N) is 5. The van der Waals surface area contributed by atoms with E-state index >= 15 is 0 Å². The highest BCUT2D eigenvalue weighted by Crippen LogP contribution is 2.35. The van der Waals surface area contributed by atoms with Gasteiger partial charge in [0.05, 0.1) is 40.9 Å². The monoisotopic (exact) mass is 485 g/mol. The Morgan fingerprint density at radius 1 is 1.06 bits per heavy atom. The van der Waals surface area contributed by atoms with Crippen molar-refractivity contribution in [3.63, 3.8) is 0 Å². The van der Waals surface area contributed by atoms with Crippen molar-refractivity contribution in [3.8, 4) is 17.0 Å². The zero-order valence-electron chi connectivity index (χ0n) is 20.8. The van der Waals surface area contributed by atoms with Crippen molar-refractivity contribution >= 4 is 5.91 Å². The third kappa shape index (κ3) is 4.95. The molecule has 4 aromatic rings. The summed E-state index contributed by atoms with van der Waals surface area (Å²) in [4.78, 5) is 22.0. The zero-order valence-corrected chi connectivity index (χ0v) is 20.8. The van der Waals surface area contributed by atoms with Crippen LogP contribution in [-0.4, -0.2) is 54.1 Å². The van der Waals surface area contributed by atoms with E-state index in [2.05, 4.69) is 17.1 Å². The maximum atomic E-state index is 13.8. The molecule has 8 heteroatoms. The first-order valence-electron chi connectivity index (χ1n) is 12.3. The minimum Gasteiger partial charge on any atom is -0.440 e. The molecule has 2 aromatic carbocycles. The highest BCUT2D eigenvalue weighted by atomic mass is 16.4. The minimum atomic E-state index is -0.926. The molecule has 8 nitrogen and oxygen atoms in total. The molecule has 0 aliphatic carbocycles. The van der Waals surface area contributed by atoms with Gasteiger partial charge in [0.2, 0.25) is 0 Å². The van der Waals surface area contributed by atoms with Crippen molar-refractivity contribution in [2.75, 3.05) is 6.54 Å². The van der Waals surface area contributed by atoms with Gasteiger partial charge in [-0.1, -0.05) is 42.5 Å². The first-order valence-corrected chi connectivity index (χ1v) is 12.3. The first-order chi connectivity index (χ1) is 17.3.